The lowest BCUT2D eigenvalue weighted by molar-refractivity contribution is 0.0216. The van der Waals surface area contributed by atoms with Gasteiger partial charge in [-0.2, -0.15) is 0 Å². The molecule has 0 radical (unpaired) electrons. The molecule has 1 aromatic carbocycles. The van der Waals surface area contributed by atoms with Crippen LogP contribution in [0.2, 0.25) is 0 Å². The number of hydrogen-bond acceptors (Lipinski definition) is 2. The summed E-state index contributed by atoms with van der Waals surface area (Å²) in [6.07, 6.45) is 9.53. The van der Waals surface area contributed by atoms with Gasteiger partial charge in [0.15, 0.2) is 0 Å². The number of nitrogens with zero attached hydrogens (tertiary/aromatic N) is 1. The molecule has 116 valence electrons. The van der Waals surface area contributed by atoms with E-state index in [1.165, 1.54) is 63.6 Å². The summed E-state index contributed by atoms with van der Waals surface area (Å²) in [5, 5.41) is 3.53. The largest absolute Gasteiger partial charge is 0.317 e. The molecule has 0 unspecified atom stereocenters. The van der Waals surface area contributed by atoms with E-state index < -0.39 is 0 Å². The molecule has 1 saturated heterocycles. The van der Waals surface area contributed by atoms with Gasteiger partial charge in [0.05, 0.1) is 0 Å². The molecular weight excluding hydrogens is 256 g/mol. The van der Waals surface area contributed by atoms with Crippen LogP contribution in [-0.2, 0) is 6.42 Å². The maximum atomic E-state index is 3.53. The highest BCUT2D eigenvalue weighted by molar-refractivity contribution is 5.19. The van der Waals surface area contributed by atoms with Crippen molar-refractivity contribution < 1.29 is 0 Å². The van der Waals surface area contributed by atoms with Gasteiger partial charge in [0.2, 0.25) is 0 Å². The van der Waals surface area contributed by atoms with Gasteiger partial charge in [0.25, 0.3) is 0 Å². The van der Waals surface area contributed by atoms with Crippen LogP contribution in [0.1, 0.15) is 44.1 Å². The Morgan fingerprint density at radius 3 is 2.10 bits per heavy atom. The molecule has 0 aromatic heterocycles. The summed E-state index contributed by atoms with van der Waals surface area (Å²) in [5.74, 6) is 0. The Balaban J connectivity index is 1.72. The third-order valence-electron chi connectivity index (χ3n) is 6.23. The zero-order valence-corrected chi connectivity index (χ0v) is 13.7. The number of rotatable bonds is 3. The number of hydrogen-bond donors (Lipinski definition) is 1. The molecule has 1 aliphatic carbocycles. The van der Waals surface area contributed by atoms with Gasteiger partial charge < -0.3 is 10.2 Å². The summed E-state index contributed by atoms with van der Waals surface area (Å²) in [4.78, 5) is 2.51. The van der Waals surface area contributed by atoms with E-state index in [0.717, 1.165) is 0 Å². The maximum absolute atomic E-state index is 3.53. The number of nitrogens with one attached hydrogen (secondary N) is 1. The van der Waals surface area contributed by atoms with Crippen molar-refractivity contribution in [1.82, 2.24) is 10.2 Å². The van der Waals surface area contributed by atoms with Crippen molar-refractivity contribution in [3.8, 4) is 0 Å². The molecular formula is C19H30N2. The maximum Gasteiger partial charge on any atom is 0.0244 e. The third kappa shape index (κ3) is 3.17. The van der Waals surface area contributed by atoms with E-state index in [0.29, 0.717) is 11.0 Å². The monoisotopic (exact) mass is 286 g/mol. The molecule has 2 heteroatoms. The molecule has 1 saturated carbocycles. The van der Waals surface area contributed by atoms with Crippen molar-refractivity contribution in [2.75, 3.05) is 27.2 Å². The van der Waals surface area contributed by atoms with Crippen LogP contribution < -0.4 is 5.32 Å². The van der Waals surface area contributed by atoms with Crippen LogP contribution in [0.4, 0.5) is 0 Å². The summed E-state index contributed by atoms with van der Waals surface area (Å²) in [6.45, 7) is 2.46. The fourth-order valence-electron chi connectivity index (χ4n) is 4.46. The number of piperidine rings is 1. The van der Waals surface area contributed by atoms with E-state index in [-0.39, 0.29) is 0 Å². The van der Waals surface area contributed by atoms with Crippen molar-refractivity contribution in [2.24, 2.45) is 5.41 Å². The Hall–Kier alpha value is -0.860. The first-order valence-corrected chi connectivity index (χ1v) is 8.56. The van der Waals surface area contributed by atoms with Gasteiger partial charge in [-0.25, -0.2) is 0 Å². The Morgan fingerprint density at radius 1 is 0.905 bits per heavy atom. The highest BCUT2D eigenvalue weighted by Gasteiger charge is 2.44. The summed E-state index contributed by atoms with van der Waals surface area (Å²) >= 11 is 0. The van der Waals surface area contributed by atoms with E-state index in [1.54, 1.807) is 0 Å². The molecule has 2 fully saturated rings. The molecule has 0 amide bonds. The second-order valence-electron chi connectivity index (χ2n) is 7.53. The Kier molecular flexibility index (Phi) is 4.37. The van der Waals surface area contributed by atoms with E-state index in [1.807, 2.05) is 0 Å². The molecule has 2 nitrogen and oxygen atoms in total. The van der Waals surface area contributed by atoms with Gasteiger partial charge in [0.1, 0.15) is 0 Å². The van der Waals surface area contributed by atoms with Gasteiger partial charge in [-0.05, 0) is 83.1 Å². The van der Waals surface area contributed by atoms with Crippen LogP contribution in [0.15, 0.2) is 30.3 Å². The van der Waals surface area contributed by atoms with Crippen molar-refractivity contribution in [2.45, 2.75) is 50.5 Å². The topological polar surface area (TPSA) is 15.3 Å². The van der Waals surface area contributed by atoms with Gasteiger partial charge in [-0.3, -0.25) is 0 Å². The van der Waals surface area contributed by atoms with Crippen molar-refractivity contribution in [3.63, 3.8) is 0 Å². The summed E-state index contributed by atoms with van der Waals surface area (Å²) < 4.78 is 0. The van der Waals surface area contributed by atoms with Crippen LogP contribution in [0.5, 0.6) is 0 Å². The predicted molar refractivity (Wildman–Crippen MR) is 89.6 cm³/mol. The second-order valence-corrected chi connectivity index (χ2v) is 7.53. The van der Waals surface area contributed by atoms with Gasteiger partial charge in [-0.15, -0.1) is 0 Å². The van der Waals surface area contributed by atoms with Crippen LogP contribution >= 0.6 is 0 Å². The molecule has 3 rings (SSSR count). The standard InChI is InChI=1S/C19H30N2/c1-21(2)19(16-17-6-4-3-5-7-17)10-8-18(9-11-19)12-14-20-15-13-18/h3-7,20H,8-16H2,1-2H3. The molecule has 1 N–H and O–H groups in total. The molecule has 1 aromatic rings. The molecule has 0 atom stereocenters. The number of likely N-dealkylation sites (N-methyl/N-ethyl adjacent to an activating group) is 1. The highest BCUT2D eigenvalue weighted by atomic mass is 15.1. The Labute approximate surface area is 129 Å². The van der Waals surface area contributed by atoms with E-state index in [9.17, 15) is 0 Å². The predicted octanol–water partition coefficient (Wildman–Crippen LogP) is 3.47. The second kappa shape index (κ2) is 6.10. The summed E-state index contributed by atoms with van der Waals surface area (Å²) in [5.41, 5.74) is 2.52. The zero-order chi connectivity index (χ0) is 14.8. The Morgan fingerprint density at radius 2 is 1.52 bits per heavy atom. The van der Waals surface area contributed by atoms with E-state index in [2.05, 4.69) is 54.6 Å². The van der Waals surface area contributed by atoms with Crippen molar-refractivity contribution in [3.05, 3.63) is 35.9 Å². The highest BCUT2D eigenvalue weighted by Crippen LogP contribution is 2.48. The normalized spacial score (nSPS) is 24.3. The fraction of sp³-hybridized carbons (Fsp3) is 0.684. The summed E-state index contributed by atoms with van der Waals surface area (Å²) in [7, 11) is 4.56. The molecule has 1 spiro atoms. The quantitative estimate of drug-likeness (QED) is 0.915. The number of benzene rings is 1. The average Bonchev–Trinajstić information content (AvgIpc) is 2.52. The molecule has 21 heavy (non-hydrogen) atoms. The average molecular weight is 286 g/mol. The molecule has 2 aliphatic rings. The van der Waals surface area contributed by atoms with Crippen molar-refractivity contribution >= 4 is 0 Å². The van der Waals surface area contributed by atoms with E-state index >= 15 is 0 Å². The first kappa shape index (κ1) is 15.1. The first-order chi connectivity index (χ1) is 10.1. The molecule has 0 bridgehead atoms. The van der Waals surface area contributed by atoms with Crippen LogP contribution in [-0.4, -0.2) is 37.6 Å². The lowest BCUT2D eigenvalue weighted by Crippen LogP contribution is -2.52. The third-order valence-corrected chi connectivity index (χ3v) is 6.23. The first-order valence-electron chi connectivity index (χ1n) is 8.56. The molecule has 1 heterocycles. The minimum absolute atomic E-state index is 0.372. The molecule has 1 aliphatic heterocycles. The lowest BCUT2D eigenvalue weighted by atomic mass is 9.62. The van der Waals surface area contributed by atoms with Gasteiger partial charge in [-0.1, -0.05) is 30.3 Å². The SMILES string of the molecule is CN(C)C1(Cc2ccccc2)CCC2(CCNCC2)CC1. The lowest BCUT2D eigenvalue weighted by Gasteiger charge is -2.51. The van der Waals surface area contributed by atoms with Crippen LogP contribution in [0.3, 0.4) is 0 Å². The van der Waals surface area contributed by atoms with Gasteiger partial charge in [0, 0.05) is 5.54 Å². The fourth-order valence-corrected chi connectivity index (χ4v) is 4.46. The van der Waals surface area contributed by atoms with Crippen LogP contribution in [0.25, 0.3) is 0 Å². The minimum atomic E-state index is 0.372. The summed E-state index contributed by atoms with van der Waals surface area (Å²) in [6, 6.07) is 11.1. The van der Waals surface area contributed by atoms with E-state index in [4.69, 9.17) is 0 Å². The smallest absolute Gasteiger partial charge is 0.0244 e. The van der Waals surface area contributed by atoms with Crippen molar-refractivity contribution in [1.29, 1.82) is 0 Å². The van der Waals surface area contributed by atoms with Gasteiger partial charge >= 0.3 is 0 Å². The Bertz CT molecular complexity index is 436. The minimum Gasteiger partial charge on any atom is -0.317 e. The zero-order valence-electron chi connectivity index (χ0n) is 13.7. The van der Waals surface area contributed by atoms with Crippen LogP contribution in [0, 0.1) is 5.41 Å².